The summed E-state index contributed by atoms with van der Waals surface area (Å²) in [7, 11) is 0. The van der Waals surface area contributed by atoms with E-state index in [9.17, 15) is 18.0 Å². The third-order valence-electron chi connectivity index (χ3n) is 1.50. The van der Waals surface area contributed by atoms with Crippen molar-refractivity contribution < 1.29 is 18.0 Å². The second kappa shape index (κ2) is 3.98. The number of amides is 1. The highest BCUT2D eigenvalue weighted by Gasteiger charge is 2.38. The van der Waals surface area contributed by atoms with Gasteiger partial charge in [0, 0.05) is 5.69 Å². The SMILES string of the molecule is Nc1ccc(Cl)c(NC(=O)C(F)(F)F)c1. The quantitative estimate of drug-likeness (QED) is 0.739. The monoisotopic (exact) mass is 238 g/mol. The molecule has 0 saturated carbocycles. The Bertz CT molecular complexity index is 392. The maximum Gasteiger partial charge on any atom is 0.471 e. The van der Waals surface area contributed by atoms with Gasteiger partial charge in [0.25, 0.3) is 0 Å². The number of nitrogen functional groups attached to an aromatic ring is 1. The van der Waals surface area contributed by atoms with Crippen LogP contribution in [0.15, 0.2) is 18.2 Å². The summed E-state index contributed by atoms with van der Waals surface area (Å²) in [4.78, 5) is 10.6. The average Bonchev–Trinajstić information content (AvgIpc) is 2.09. The molecule has 0 heterocycles. The van der Waals surface area contributed by atoms with Gasteiger partial charge in [0.05, 0.1) is 10.7 Å². The van der Waals surface area contributed by atoms with Crippen molar-refractivity contribution in [3.63, 3.8) is 0 Å². The van der Waals surface area contributed by atoms with Gasteiger partial charge in [-0.05, 0) is 18.2 Å². The first-order valence-corrected chi connectivity index (χ1v) is 4.11. The number of hydrogen-bond donors (Lipinski definition) is 2. The summed E-state index contributed by atoms with van der Waals surface area (Å²) in [5.74, 6) is -2.09. The van der Waals surface area contributed by atoms with Crippen LogP contribution in [-0.2, 0) is 4.79 Å². The molecule has 1 rings (SSSR count). The molecule has 0 saturated heterocycles. The third kappa shape index (κ3) is 3.02. The van der Waals surface area contributed by atoms with Crippen LogP contribution in [0.5, 0.6) is 0 Å². The van der Waals surface area contributed by atoms with E-state index in [0.717, 1.165) is 6.07 Å². The number of nitrogens with two attached hydrogens (primary N) is 1. The van der Waals surface area contributed by atoms with Crippen LogP contribution < -0.4 is 11.1 Å². The standard InChI is InChI=1S/C8H6ClF3N2O/c9-5-2-1-4(13)3-6(5)14-7(15)8(10,11)12/h1-3H,13H2,(H,14,15). The largest absolute Gasteiger partial charge is 0.471 e. The fourth-order valence-electron chi connectivity index (χ4n) is 0.832. The van der Waals surface area contributed by atoms with Gasteiger partial charge in [-0.15, -0.1) is 0 Å². The lowest BCUT2D eigenvalue weighted by Crippen LogP contribution is -2.30. The molecule has 1 aromatic carbocycles. The molecule has 1 amide bonds. The van der Waals surface area contributed by atoms with E-state index in [1.54, 1.807) is 5.32 Å². The summed E-state index contributed by atoms with van der Waals surface area (Å²) in [5, 5.41) is 1.60. The Kier molecular flexibility index (Phi) is 3.09. The molecule has 1 aromatic rings. The number of halogens is 4. The van der Waals surface area contributed by atoms with Gasteiger partial charge in [0.1, 0.15) is 0 Å². The molecule has 0 radical (unpaired) electrons. The first-order chi connectivity index (χ1) is 6.80. The minimum Gasteiger partial charge on any atom is -0.399 e. The fourth-order valence-corrected chi connectivity index (χ4v) is 0.997. The molecule has 0 aromatic heterocycles. The van der Waals surface area contributed by atoms with Crippen LogP contribution in [0.25, 0.3) is 0 Å². The number of alkyl halides is 3. The van der Waals surface area contributed by atoms with Crippen LogP contribution in [0.2, 0.25) is 5.02 Å². The molecule has 3 nitrogen and oxygen atoms in total. The van der Waals surface area contributed by atoms with Crippen molar-refractivity contribution >= 4 is 28.9 Å². The second-order valence-electron chi connectivity index (χ2n) is 2.69. The first kappa shape index (κ1) is 11.6. The van der Waals surface area contributed by atoms with E-state index in [4.69, 9.17) is 17.3 Å². The summed E-state index contributed by atoms with van der Waals surface area (Å²) >= 11 is 5.55. The van der Waals surface area contributed by atoms with E-state index in [2.05, 4.69) is 0 Å². The number of hydrogen-bond acceptors (Lipinski definition) is 2. The van der Waals surface area contributed by atoms with Gasteiger partial charge >= 0.3 is 12.1 Å². The van der Waals surface area contributed by atoms with E-state index in [1.807, 2.05) is 0 Å². The Balaban J connectivity index is 2.90. The average molecular weight is 239 g/mol. The van der Waals surface area contributed by atoms with Crippen molar-refractivity contribution in [2.75, 3.05) is 11.1 Å². The van der Waals surface area contributed by atoms with E-state index in [1.165, 1.54) is 12.1 Å². The molecular formula is C8H6ClF3N2O. The van der Waals surface area contributed by atoms with Crippen LogP contribution >= 0.6 is 11.6 Å². The molecule has 3 N–H and O–H groups in total. The highest BCUT2D eigenvalue weighted by Crippen LogP contribution is 2.26. The van der Waals surface area contributed by atoms with Crippen molar-refractivity contribution in [3.8, 4) is 0 Å². The van der Waals surface area contributed by atoms with E-state index in [0.29, 0.717) is 0 Å². The Hall–Kier alpha value is -1.43. The van der Waals surface area contributed by atoms with E-state index in [-0.39, 0.29) is 16.4 Å². The molecule has 0 bridgehead atoms. The number of carbonyl (C=O) groups excluding carboxylic acids is 1. The van der Waals surface area contributed by atoms with Crippen molar-refractivity contribution in [2.45, 2.75) is 6.18 Å². The summed E-state index contributed by atoms with van der Waals surface area (Å²) in [6.45, 7) is 0. The topological polar surface area (TPSA) is 55.1 Å². The summed E-state index contributed by atoms with van der Waals surface area (Å²) < 4.78 is 35.6. The number of rotatable bonds is 1. The fraction of sp³-hybridized carbons (Fsp3) is 0.125. The van der Waals surface area contributed by atoms with Crippen LogP contribution in [0.1, 0.15) is 0 Å². The van der Waals surface area contributed by atoms with Gasteiger partial charge in [-0.25, -0.2) is 0 Å². The van der Waals surface area contributed by atoms with Crippen molar-refractivity contribution in [1.82, 2.24) is 0 Å². The molecule has 0 spiro atoms. The minimum absolute atomic E-state index is 0.0122. The molecule has 15 heavy (non-hydrogen) atoms. The summed E-state index contributed by atoms with van der Waals surface area (Å²) in [5.41, 5.74) is 5.36. The van der Waals surface area contributed by atoms with Gasteiger partial charge in [-0.3, -0.25) is 4.79 Å². The predicted molar refractivity (Wildman–Crippen MR) is 50.5 cm³/mol. The molecule has 0 aliphatic carbocycles. The highest BCUT2D eigenvalue weighted by atomic mass is 35.5. The lowest BCUT2D eigenvalue weighted by atomic mass is 10.3. The van der Waals surface area contributed by atoms with E-state index >= 15 is 0 Å². The zero-order valence-electron chi connectivity index (χ0n) is 7.23. The lowest BCUT2D eigenvalue weighted by Gasteiger charge is -2.09. The minimum atomic E-state index is -4.95. The number of benzene rings is 1. The van der Waals surface area contributed by atoms with Gasteiger partial charge in [-0.1, -0.05) is 11.6 Å². The van der Waals surface area contributed by atoms with Crippen molar-refractivity contribution in [1.29, 1.82) is 0 Å². The molecule has 0 atom stereocenters. The zero-order chi connectivity index (χ0) is 11.6. The second-order valence-corrected chi connectivity index (χ2v) is 3.10. The highest BCUT2D eigenvalue weighted by molar-refractivity contribution is 6.33. The van der Waals surface area contributed by atoms with Crippen LogP contribution in [0, 0.1) is 0 Å². The lowest BCUT2D eigenvalue weighted by molar-refractivity contribution is -0.167. The molecule has 0 unspecified atom stereocenters. The van der Waals surface area contributed by atoms with Gasteiger partial charge in [0.2, 0.25) is 0 Å². The van der Waals surface area contributed by atoms with Crippen LogP contribution in [0.4, 0.5) is 24.5 Å². The van der Waals surface area contributed by atoms with Gasteiger partial charge in [-0.2, -0.15) is 13.2 Å². The predicted octanol–water partition coefficient (Wildman–Crippen LogP) is 2.42. The summed E-state index contributed by atoms with van der Waals surface area (Å²) in [6.07, 6.45) is -4.95. The maximum absolute atomic E-state index is 11.9. The van der Waals surface area contributed by atoms with Crippen LogP contribution in [-0.4, -0.2) is 12.1 Å². The van der Waals surface area contributed by atoms with E-state index < -0.39 is 12.1 Å². The Morgan fingerprint density at radius 2 is 2.00 bits per heavy atom. The maximum atomic E-state index is 11.9. The third-order valence-corrected chi connectivity index (χ3v) is 1.83. The normalized spacial score (nSPS) is 11.2. The zero-order valence-corrected chi connectivity index (χ0v) is 7.99. The van der Waals surface area contributed by atoms with Crippen LogP contribution in [0.3, 0.4) is 0 Å². The molecule has 0 aliphatic rings. The number of anilines is 2. The van der Waals surface area contributed by atoms with Crippen molar-refractivity contribution in [3.05, 3.63) is 23.2 Å². The Morgan fingerprint density at radius 1 is 1.40 bits per heavy atom. The molecule has 7 heteroatoms. The number of carbonyl (C=O) groups is 1. The molecule has 82 valence electrons. The summed E-state index contributed by atoms with van der Waals surface area (Å²) in [6, 6.07) is 3.85. The van der Waals surface area contributed by atoms with Gasteiger partial charge < -0.3 is 11.1 Å². The van der Waals surface area contributed by atoms with Crippen molar-refractivity contribution in [2.24, 2.45) is 0 Å². The number of nitrogens with one attached hydrogen (secondary N) is 1. The Labute approximate surface area is 88.0 Å². The molecule has 0 aliphatic heterocycles. The van der Waals surface area contributed by atoms with Gasteiger partial charge in [0.15, 0.2) is 0 Å². The molecule has 0 fully saturated rings. The first-order valence-electron chi connectivity index (χ1n) is 3.74. The Morgan fingerprint density at radius 3 is 2.53 bits per heavy atom. The smallest absolute Gasteiger partial charge is 0.399 e. The molecular weight excluding hydrogens is 233 g/mol.